The van der Waals surface area contributed by atoms with Gasteiger partial charge in [-0.1, -0.05) is 11.6 Å². The Hall–Kier alpha value is -2.60. The van der Waals surface area contributed by atoms with Crippen LogP contribution in [0.1, 0.15) is 5.56 Å². The Balaban J connectivity index is 1.71. The van der Waals surface area contributed by atoms with Crippen LogP contribution in [0.15, 0.2) is 36.4 Å². The molecular formula is C16H10ClF2NO3. The van der Waals surface area contributed by atoms with Crippen LogP contribution in [0.25, 0.3) is 6.08 Å². The third-order valence-electron chi connectivity index (χ3n) is 3.06. The number of carbonyl (C=O) groups excluding carboxylic acids is 1. The lowest BCUT2D eigenvalue weighted by atomic mass is 10.2. The Morgan fingerprint density at radius 3 is 2.78 bits per heavy atom. The van der Waals surface area contributed by atoms with Gasteiger partial charge in [0.05, 0.1) is 5.02 Å². The SMILES string of the molecule is O=C(/C=C/c1cc(Cl)c2c(c1)OCO2)Nc1ccc(F)c(F)c1. The van der Waals surface area contributed by atoms with Gasteiger partial charge in [-0.05, 0) is 35.9 Å². The summed E-state index contributed by atoms with van der Waals surface area (Å²) >= 11 is 6.04. The van der Waals surface area contributed by atoms with Crippen LogP contribution in [0.3, 0.4) is 0 Å². The Morgan fingerprint density at radius 2 is 2.00 bits per heavy atom. The molecule has 0 fully saturated rings. The van der Waals surface area contributed by atoms with Crippen LogP contribution < -0.4 is 14.8 Å². The predicted molar refractivity (Wildman–Crippen MR) is 81.6 cm³/mol. The first-order valence-electron chi connectivity index (χ1n) is 6.56. The summed E-state index contributed by atoms with van der Waals surface area (Å²) in [6, 6.07) is 6.40. The molecule has 0 aromatic heterocycles. The number of halogens is 3. The van der Waals surface area contributed by atoms with Crippen molar-refractivity contribution in [2.75, 3.05) is 12.1 Å². The molecule has 0 unspecified atom stereocenters. The number of carbonyl (C=O) groups is 1. The van der Waals surface area contributed by atoms with Gasteiger partial charge in [-0.2, -0.15) is 0 Å². The fourth-order valence-electron chi connectivity index (χ4n) is 2.01. The number of ether oxygens (including phenoxy) is 2. The summed E-state index contributed by atoms with van der Waals surface area (Å²) in [5, 5.41) is 2.80. The van der Waals surface area contributed by atoms with Crippen molar-refractivity contribution in [3.05, 3.63) is 58.6 Å². The van der Waals surface area contributed by atoms with Crippen molar-refractivity contribution < 1.29 is 23.0 Å². The van der Waals surface area contributed by atoms with E-state index in [1.807, 2.05) is 0 Å². The van der Waals surface area contributed by atoms with Crippen LogP contribution in [-0.2, 0) is 4.79 Å². The highest BCUT2D eigenvalue weighted by Crippen LogP contribution is 2.40. The molecule has 1 aliphatic rings. The number of benzene rings is 2. The molecule has 1 N–H and O–H groups in total. The van der Waals surface area contributed by atoms with E-state index in [4.69, 9.17) is 21.1 Å². The number of fused-ring (bicyclic) bond motifs is 1. The van der Waals surface area contributed by atoms with E-state index in [0.717, 1.165) is 12.1 Å². The van der Waals surface area contributed by atoms with Gasteiger partial charge in [0.2, 0.25) is 12.7 Å². The maximum atomic E-state index is 13.1. The molecule has 0 aliphatic carbocycles. The molecule has 0 radical (unpaired) electrons. The third kappa shape index (κ3) is 3.43. The summed E-state index contributed by atoms with van der Waals surface area (Å²) in [6.45, 7) is 0.0961. The van der Waals surface area contributed by atoms with E-state index < -0.39 is 17.5 Å². The second-order valence-corrected chi connectivity index (χ2v) is 5.10. The van der Waals surface area contributed by atoms with E-state index in [1.54, 1.807) is 12.1 Å². The molecule has 3 rings (SSSR count). The summed E-state index contributed by atoms with van der Waals surface area (Å²) in [4.78, 5) is 11.8. The van der Waals surface area contributed by atoms with Crippen molar-refractivity contribution in [2.24, 2.45) is 0 Å². The fraction of sp³-hybridized carbons (Fsp3) is 0.0625. The largest absolute Gasteiger partial charge is 0.454 e. The van der Waals surface area contributed by atoms with E-state index in [2.05, 4.69) is 5.32 Å². The second kappa shape index (κ2) is 6.26. The van der Waals surface area contributed by atoms with E-state index in [0.29, 0.717) is 22.1 Å². The number of amides is 1. The number of hydrogen-bond donors (Lipinski definition) is 1. The van der Waals surface area contributed by atoms with Gasteiger partial charge in [0.1, 0.15) is 0 Å². The lowest BCUT2D eigenvalue weighted by Crippen LogP contribution is -2.08. The van der Waals surface area contributed by atoms with Gasteiger partial charge in [0.25, 0.3) is 0 Å². The third-order valence-corrected chi connectivity index (χ3v) is 3.34. The quantitative estimate of drug-likeness (QED) is 0.861. The molecule has 7 heteroatoms. The highest BCUT2D eigenvalue weighted by atomic mass is 35.5. The van der Waals surface area contributed by atoms with Crippen LogP contribution in [0, 0.1) is 11.6 Å². The number of nitrogens with one attached hydrogen (secondary N) is 1. The lowest BCUT2D eigenvalue weighted by Gasteiger charge is -2.03. The molecule has 4 nitrogen and oxygen atoms in total. The van der Waals surface area contributed by atoms with Gasteiger partial charge in [-0.25, -0.2) is 8.78 Å². The molecule has 1 aliphatic heterocycles. The van der Waals surface area contributed by atoms with Crippen LogP contribution >= 0.6 is 11.6 Å². The van der Waals surface area contributed by atoms with Gasteiger partial charge in [0.15, 0.2) is 23.1 Å². The first kappa shape index (κ1) is 15.3. The molecular weight excluding hydrogens is 328 g/mol. The Kier molecular flexibility index (Phi) is 4.16. The van der Waals surface area contributed by atoms with Gasteiger partial charge < -0.3 is 14.8 Å². The van der Waals surface area contributed by atoms with Gasteiger partial charge in [0, 0.05) is 17.8 Å². The average molecular weight is 338 g/mol. The van der Waals surface area contributed by atoms with Gasteiger partial charge in [-0.3, -0.25) is 4.79 Å². The van der Waals surface area contributed by atoms with E-state index in [9.17, 15) is 13.6 Å². The molecule has 2 aromatic rings. The maximum Gasteiger partial charge on any atom is 0.248 e. The fourth-order valence-corrected chi connectivity index (χ4v) is 2.29. The molecule has 2 aromatic carbocycles. The summed E-state index contributed by atoms with van der Waals surface area (Å²) in [6.07, 6.45) is 2.76. The first-order chi connectivity index (χ1) is 11.0. The highest BCUT2D eigenvalue weighted by Gasteiger charge is 2.17. The minimum absolute atomic E-state index is 0.0961. The smallest absolute Gasteiger partial charge is 0.248 e. The Labute approximate surface area is 135 Å². The van der Waals surface area contributed by atoms with E-state index in [-0.39, 0.29) is 12.5 Å². The molecule has 0 atom stereocenters. The molecule has 0 saturated carbocycles. The van der Waals surface area contributed by atoms with Gasteiger partial charge in [-0.15, -0.1) is 0 Å². The van der Waals surface area contributed by atoms with Gasteiger partial charge >= 0.3 is 0 Å². The van der Waals surface area contributed by atoms with Crippen molar-refractivity contribution in [1.29, 1.82) is 0 Å². The van der Waals surface area contributed by atoms with Crippen molar-refractivity contribution in [1.82, 2.24) is 0 Å². The summed E-state index contributed by atoms with van der Waals surface area (Å²) in [7, 11) is 0. The zero-order valence-corrected chi connectivity index (χ0v) is 12.4. The molecule has 0 spiro atoms. The van der Waals surface area contributed by atoms with Crippen molar-refractivity contribution in [3.8, 4) is 11.5 Å². The lowest BCUT2D eigenvalue weighted by molar-refractivity contribution is -0.111. The number of hydrogen-bond acceptors (Lipinski definition) is 3. The number of anilines is 1. The Morgan fingerprint density at radius 1 is 1.17 bits per heavy atom. The molecule has 1 amide bonds. The van der Waals surface area contributed by atoms with Crippen LogP contribution in [-0.4, -0.2) is 12.7 Å². The highest BCUT2D eigenvalue weighted by molar-refractivity contribution is 6.32. The zero-order valence-electron chi connectivity index (χ0n) is 11.6. The Bertz CT molecular complexity index is 808. The average Bonchev–Trinajstić information content (AvgIpc) is 2.98. The standard InChI is InChI=1S/C16H10ClF2NO3/c17-11-5-9(6-14-16(11)23-8-22-14)1-4-15(21)20-10-2-3-12(18)13(19)7-10/h1-7H,8H2,(H,20,21)/b4-1+. The molecule has 0 saturated heterocycles. The molecule has 23 heavy (non-hydrogen) atoms. The summed E-state index contributed by atoms with van der Waals surface area (Å²) in [5.74, 6) is -1.54. The predicted octanol–water partition coefficient (Wildman–Crippen LogP) is 4.00. The summed E-state index contributed by atoms with van der Waals surface area (Å²) < 4.78 is 36.3. The van der Waals surface area contributed by atoms with E-state index >= 15 is 0 Å². The minimum atomic E-state index is -1.03. The molecule has 1 heterocycles. The topological polar surface area (TPSA) is 47.6 Å². The van der Waals surface area contributed by atoms with Crippen LogP contribution in [0.5, 0.6) is 11.5 Å². The first-order valence-corrected chi connectivity index (χ1v) is 6.94. The second-order valence-electron chi connectivity index (χ2n) is 4.69. The van der Waals surface area contributed by atoms with Crippen molar-refractivity contribution in [3.63, 3.8) is 0 Å². The number of rotatable bonds is 3. The summed E-state index contributed by atoms with van der Waals surface area (Å²) in [5.41, 5.74) is 0.793. The van der Waals surface area contributed by atoms with Crippen molar-refractivity contribution in [2.45, 2.75) is 0 Å². The van der Waals surface area contributed by atoms with Crippen molar-refractivity contribution >= 4 is 29.3 Å². The normalized spacial score (nSPS) is 12.7. The minimum Gasteiger partial charge on any atom is -0.454 e. The van der Waals surface area contributed by atoms with E-state index in [1.165, 1.54) is 18.2 Å². The van der Waals surface area contributed by atoms with Crippen LogP contribution in [0.4, 0.5) is 14.5 Å². The molecule has 118 valence electrons. The maximum absolute atomic E-state index is 13.1. The monoisotopic (exact) mass is 337 g/mol. The van der Waals surface area contributed by atoms with Crippen LogP contribution in [0.2, 0.25) is 5.02 Å². The molecule has 0 bridgehead atoms. The zero-order chi connectivity index (χ0) is 16.4.